The number of nitrogens with two attached hydrogens (primary N) is 1. The third-order valence-corrected chi connectivity index (χ3v) is 5.05. The van der Waals surface area contributed by atoms with Crippen molar-refractivity contribution in [3.63, 3.8) is 0 Å². The van der Waals surface area contributed by atoms with E-state index < -0.39 is 0 Å². The van der Waals surface area contributed by atoms with E-state index in [0.717, 1.165) is 39.0 Å². The molecule has 4 nitrogen and oxygen atoms in total. The monoisotopic (exact) mass is 353 g/mol. The quantitative estimate of drug-likeness (QED) is 0.797. The van der Waals surface area contributed by atoms with Crippen LogP contribution in [0, 0.1) is 17.8 Å². The zero-order chi connectivity index (χ0) is 14.5. The van der Waals surface area contributed by atoms with Crippen LogP contribution in [0.15, 0.2) is 0 Å². The summed E-state index contributed by atoms with van der Waals surface area (Å²) >= 11 is 0. The summed E-state index contributed by atoms with van der Waals surface area (Å²) in [6.07, 6.45) is 5.74. The number of hydrogen-bond donors (Lipinski definition) is 1. The first-order valence-corrected chi connectivity index (χ1v) is 8.33. The lowest BCUT2D eigenvalue weighted by Gasteiger charge is -2.25. The van der Waals surface area contributed by atoms with Crippen molar-refractivity contribution < 1.29 is 4.79 Å². The van der Waals surface area contributed by atoms with Gasteiger partial charge in [-0.15, -0.1) is 24.8 Å². The largest absolute Gasteiger partial charge is 0.342 e. The molecule has 1 saturated heterocycles. The van der Waals surface area contributed by atoms with E-state index in [0.29, 0.717) is 24.3 Å². The first-order valence-electron chi connectivity index (χ1n) is 8.33. The van der Waals surface area contributed by atoms with E-state index in [-0.39, 0.29) is 30.7 Å². The standard InChI is InChI=1S/C16H31N3O.2ClH/c1-3-8-18(2)11-13-7-9-19(12-13)16(20)15-6-4-5-14(15)10-17;;/h13-15H,3-12,17H2,1-2H3;2*1H/t13?,14-,15-;;/m1../s1. The van der Waals surface area contributed by atoms with Gasteiger partial charge >= 0.3 is 0 Å². The highest BCUT2D eigenvalue weighted by atomic mass is 35.5. The van der Waals surface area contributed by atoms with Gasteiger partial charge in [-0.2, -0.15) is 0 Å². The fourth-order valence-corrected chi connectivity index (χ4v) is 3.97. The highest BCUT2D eigenvalue weighted by molar-refractivity contribution is 5.85. The van der Waals surface area contributed by atoms with Gasteiger partial charge in [0.1, 0.15) is 0 Å². The smallest absolute Gasteiger partial charge is 0.226 e. The molecule has 3 atom stereocenters. The Labute approximate surface area is 148 Å². The number of nitrogens with zero attached hydrogens (tertiary/aromatic N) is 2. The Morgan fingerprint density at radius 2 is 2.00 bits per heavy atom. The van der Waals surface area contributed by atoms with E-state index in [1.165, 1.54) is 19.3 Å². The Balaban J connectivity index is 0.00000220. The fourth-order valence-electron chi connectivity index (χ4n) is 3.97. The Bertz CT molecular complexity index is 331. The molecule has 0 spiro atoms. The normalized spacial score (nSPS) is 27.6. The minimum atomic E-state index is 0. The van der Waals surface area contributed by atoms with Gasteiger partial charge in [-0.05, 0) is 57.7 Å². The number of halogens is 2. The van der Waals surface area contributed by atoms with Crippen molar-refractivity contribution in [2.75, 3.05) is 39.8 Å². The number of hydrogen-bond acceptors (Lipinski definition) is 3. The van der Waals surface area contributed by atoms with Crippen molar-refractivity contribution in [3.8, 4) is 0 Å². The van der Waals surface area contributed by atoms with Crippen molar-refractivity contribution >= 4 is 30.7 Å². The molecule has 2 rings (SSSR count). The molecule has 0 aromatic heterocycles. The number of carbonyl (C=O) groups excluding carboxylic acids is 1. The Morgan fingerprint density at radius 3 is 2.64 bits per heavy atom. The molecule has 1 unspecified atom stereocenters. The molecular weight excluding hydrogens is 321 g/mol. The summed E-state index contributed by atoms with van der Waals surface area (Å²) in [5.74, 6) is 1.70. The maximum Gasteiger partial charge on any atom is 0.226 e. The van der Waals surface area contributed by atoms with Crippen LogP contribution in [0.4, 0.5) is 0 Å². The average molecular weight is 354 g/mol. The van der Waals surface area contributed by atoms with Crippen LogP contribution in [0.1, 0.15) is 39.0 Å². The van der Waals surface area contributed by atoms with Crippen molar-refractivity contribution in [1.29, 1.82) is 0 Å². The molecule has 0 aromatic carbocycles. The van der Waals surface area contributed by atoms with Gasteiger partial charge in [-0.1, -0.05) is 13.3 Å². The van der Waals surface area contributed by atoms with E-state index >= 15 is 0 Å². The minimum absolute atomic E-state index is 0. The van der Waals surface area contributed by atoms with E-state index in [1.54, 1.807) is 0 Å². The lowest BCUT2D eigenvalue weighted by Crippen LogP contribution is -2.38. The lowest BCUT2D eigenvalue weighted by atomic mass is 9.95. The summed E-state index contributed by atoms with van der Waals surface area (Å²) in [5.41, 5.74) is 5.81. The SMILES string of the molecule is CCCN(C)CC1CCN(C(=O)[C@@H]2CCC[C@@H]2CN)C1.Cl.Cl. The van der Waals surface area contributed by atoms with E-state index in [2.05, 4.69) is 23.8 Å². The van der Waals surface area contributed by atoms with Crippen molar-refractivity contribution in [1.82, 2.24) is 9.80 Å². The van der Waals surface area contributed by atoms with Crippen LogP contribution in [0.2, 0.25) is 0 Å². The molecule has 0 radical (unpaired) electrons. The molecule has 1 saturated carbocycles. The molecule has 1 aliphatic heterocycles. The van der Waals surface area contributed by atoms with Crippen LogP contribution in [0.25, 0.3) is 0 Å². The second-order valence-electron chi connectivity index (χ2n) is 6.73. The number of likely N-dealkylation sites (tertiary alicyclic amines) is 1. The van der Waals surface area contributed by atoms with Gasteiger partial charge in [0.25, 0.3) is 0 Å². The first kappa shape index (κ1) is 22.0. The Morgan fingerprint density at radius 1 is 1.27 bits per heavy atom. The summed E-state index contributed by atoms with van der Waals surface area (Å²) < 4.78 is 0. The van der Waals surface area contributed by atoms with Crippen LogP contribution in [0.3, 0.4) is 0 Å². The van der Waals surface area contributed by atoms with Gasteiger partial charge in [0, 0.05) is 25.6 Å². The van der Waals surface area contributed by atoms with Gasteiger partial charge in [0.15, 0.2) is 0 Å². The Kier molecular flexibility index (Phi) is 10.7. The highest BCUT2D eigenvalue weighted by Crippen LogP contribution is 2.33. The maximum atomic E-state index is 12.6. The third-order valence-electron chi connectivity index (χ3n) is 5.05. The summed E-state index contributed by atoms with van der Waals surface area (Å²) in [4.78, 5) is 17.1. The predicted octanol–water partition coefficient (Wildman–Crippen LogP) is 2.40. The second kappa shape index (κ2) is 10.7. The lowest BCUT2D eigenvalue weighted by molar-refractivity contribution is -0.135. The molecule has 0 aromatic rings. The van der Waals surface area contributed by atoms with Gasteiger partial charge in [0.2, 0.25) is 5.91 Å². The van der Waals surface area contributed by atoms with E-state index in [1.807, 2.05) is 0 Å². The third kappa shape index (κ3) is 5.55. The van der Waals surface area contributed by atoms with Gasteiger partial charge < -0.3 is 15.5 Å². The fraction of sp³-hybridized carbons (Fsp3) is 0.938. The molecule has 1 amide bonds. The van der Waals surface area contributed by atoms with Gasteiger partial charge in [-0.3, -0.25) is 4.79 Å². The molecule has 2 N–H and O–H groups in total. The zero-order valence-electron chi connectivity index (χ0n) is 14.0. The molecule has 132 valence electrons. The Hall–Kier alpha value is -0.0300. The van der Waals surface area contributed by atoms with Crippen LogP contribution >= 0.6 is 24.8 Å². The summed E-state index contributed by atoms with van der Waals surface area (Å²) in [6, 6.07) is 0. The molecule has 6 heteroatoms. The minimum Gasteiger partial charge on any atom is -0.342 e. The van der Waals surface area contributed by atoms with Crippen molar-refractivity contribution in [2.24, 2.45) is 23.5 Å². The molecule has 0 bridgehead atoms. The molecule has 2 fully saturated rings. The average Bonchev–Trinajstić information content (AvgIpc) is 3.06. The van der Waals surface area contributed by atoms with Crippen molar-refractivity contribution in [3.05, 3.63) is 0 Å². The number of amides is 1. The molecule has 1 aliphatic carbocycles. The molecule has 1 heterocycles. The maximum absolute atomic E-state index is 12.6. The van der Waals surface area contributed by atoms with Gasteiger partial charge in [-0.25, -0.2) is 0 Å². The van der Waals surface area contributed by atoms with Crippen LogP contribution in [0.5, 0.6) is 0 Å². The zero-order valence-corrected chi connectivity index (χ0v) is 15.6. The van der Waals surface area contributed by atoms with Gasteiger partial charge in [0.05, 0.1) is 0 Å². The topological polar surface area (TPSA) is 49.6 Å². The van der Waals surface area contributed by atoms with Crippen molar-refractivity contribution in [2.45, 2.75) is 39.0 Å². The summed E-state index contributed by atoms with van der Waals surface area (Å²) in [6.45, 7) is 7.09. The van der Waals surface area contributed by atoms with Crippen LogP contribution < -0.4 is 5.73 Å². The molecular formula is C16H33Cl2N3O. The van der Waals surface area contributed by atoms with E-state index in [9.17, 15) is 4.79 Å². The second-order valence-corrected chi connectivity index (χ2v) is 6.73. The molecule has 2 aliphatic rings. The number of carbonyl (C=O) groups is 1. The first-order chi connectivity index (χ1) is 9.65. The number of rotatable bonds is 6. The van der Waals surface area contributed by atoms with E-state index in [4.69, 9.17) is 5.73 Å². The highest BCUT2D eigenvalue weighted by Gasteiger charge is 2.37. The molecule has 22 heavy (non-hydrogen) atoms. The predicted molar refractivity (Wildman–Crippen MR) is 96.9 cm³/mol. The summed E-state index contributed by atoms with van der Waals surface area (Å²) in [5, 5.41) is 0. The van der Waals surface area contributed by atoms with Crippen LogP contribution in [-0.4, -0.2) is 55.5 Å². The van der Waals surface area contributed by atoms with Crippen LogP contribution in [-0.2, 0) is 4.79 Å². The summed E-state index contributed by atoms with van der Waals surface area (Å²) in [7, 11) is 2.19.